The van der Waals surface area contributed by atoms with Crippen LogP contribution in [0, 0.1) is 5.92 Å². The van der Waals surface area contributed by atoms with Gasteiger partial charge in [-0.2, -0.15) is 0 Å². The van der Waals surface area contributed by atoms with Gasteiger partial charge in [-0.15, -0.1) is 0 Å². The first kappa shape index (κ1) is 13.6. The van der Waals surface area contributed by atoms with Gasteiger partial charge in [0.25, 0.3) is 0 Å². The van der Waals surface area contributed by atoms with Gasteiger partial charge in [-0.05, 0) is 43.5 Å². The van der Waals surface area contributed by atoms with E-state index in [1.807, 2.05) is 39.0 Å². The lowest BCUT2D eigenvalue weighted by molar-refractivity contribution is -0.120. The Balaban J connectivity index is 2.16. The number of anilines is 2. The molecule has 1 unspecified atom stereocenters. The summed E-state index contributed by atoms with van der Waals surface area (Å²) in [5.74, 6) is -0.0428. The Labute approximate surface area is 113 Å². The molecule has 1 aromatic rings. The minimum absolute atomic E-state index is 0.0125. The van der Waals surface area contributed by atoms with Crippen LogP contribution in [0.3, 0.4) is 0 Å². The first-order chi connectivity index (χ1) is 9.06. The molecule has 19 heavy (non-hydrogen) atoms. The van der Waals surface area contributed by atoms with Crippen molar-refractivity contribution in [2.45, 2.75) is 39.5 Å². The number of benzene rings is 1. The Bertz CT molecular complexity index is 507. The number of amides is 2. The van der Waals surface area contributed by atoms with Gasteiger partial charge in [0.1, 0.15) is 0 Å². The quantitative estimate of drug-likeness (QED) is 0.873. The van der Waals surface area contributed by atoms with Gasteiger partial charge < -0.3 is 10.6 Å². The van der Waals surface area contributed by atoms with Crippen LogP contribution in [0.2, 0.25) is 0 Å². The van der Waals surface area contributed by atoms with E-state index in [1.54, 1.807) is 0 Å². The average Bonchev–Trinajstić information content (AvgIpc) is 2.67. The van der Waals surface area contributed by atoms with Crippen LogP contribution in [0.15, 0.2) is 18.2 Å². The molecule has 4 nitrogen and oxygen atoms in total. The topological polar surface area (TPSA) is 58.2 Å². The largest absolute Gasteiger partial charge is 0.326 e. The van der Waals surface area contributed by atoms with Crippen LogP contribution in [0.1, 0.15) is 45.1 Å². The molecule has 0 aliphatic carbocycles. The molecule has 0 bridgehead atoms. The van der Waals surface area contributed by atoms with E-state index >= 15 is 0 Å². The Morgan fingerprint density at radius 3 is 2.68 bits per heavy atom. The minimum atomic E-state index is -0.153. The summed E-state index contributed by atoms with van der Waals surface area (Å²) < 4.78 is 0. The lowest BCUT2D eigenvalue weighted by Crippen LogP contribution is -2.21. The molecule has 2 N–H and O–H groups in total. The number of rotatable bonds is 4. The van der Waals surface area contributed by atoms with Gasteiger partial charge in [-0.25, -0.2) is 0 Å². The van der Waals surface area contributed by atoms with Gasteiger partial charge in [0.15, 0.2) is 0 Å². The highest BCUT2D eigenvalue weighted by Gasteiger charge is 2.26. The molecule has 4 heteroatoms. The van der Waals surface area contributed by atoms with Gasteiger partial charge in [0.05, 0.1) is 5.92 Å². The lowest BCUT2D eigenvalue weighted by atomic mass is 10.0. The average molecular weight is 260 g/mol. The zero-order valence-corrected chi connectivity index (χ0v) is 11.6. The number of carbonyl (C=O) groups is 2. The van der Waals surface area contributed by atoms with Crippen LogP contribution in [-0.4, -0.2) is 11.8 Å². The van der Waals surface area contributed by atoms with E-state index in [1.165, 1.54) is 0 Å². The van der Waals surface area contributed by atoms with E-state index in [0.29, 0.717) is 0 Å². The van der Waals surface area contributed by atoms with Crippen molar-refractivity contribution in [3.05, 3.63) is 23.8 Å². The SMILES string of the molecule is CCC(CC)C(=O)Nc1ccc2c(c1)C(C)C(=O)N2. The van der Waals surface area contributed by atoms with Crippen molar-refractivity contribution < 1.29 is 9.59 Å². The Morgan fingerprint density at radius 1 is 1.37 bits per heavy atom. The third-order valence-corrected chi connectivity index (χ3v) is 3.79. The maximum atomic E-state index is 12.0. The predicted molar refractivity (Wildman–Crippen MR) is 76.2 cm³/mol. The highest BCUT2D eigenvalue weighted by Crippen LogP contribution is 2.34. The molecule has 0 spiro atoms. The summed E-state index contributed by atoms with van der Waals surface area (Å²) in [7, 11) is 0. The van der Waals surface area contributed by atoms with Crippen LogP contribution in [0.5, 0.6) is 0 Å². The molecule has 1 aliphatic rings. The molecule has 0 radical (unpaired) electrons. The molecule has 0 aromatic heterocycles. The molecular formula is C15H20N2O2. The molecule has 0 saturated heterocycles. The van der Waals surface area contributed by atoms with Crippen LogP contribution in [0.4, 0.5) is 11.4 Å². The van der Waals surface area contributed by atoms with E-state index in [-0.39, 0.29) is 23.7 Å². The first-order valence-corrected chi connectivity index (χ1v) is 6.82. The van der Waals surface area contributed by atoms with E-state index in [0.717, 1.165) is 29.8 Å². The van der Waals surface area contributed by atoms with E-state index in [2.05, 4.69) is 10.6 Å². The van der Waals surface area contributed by atoms with Crippen molar-refractivity contribution in [2.24, 2.45) is 5.92 Å². The lowest BCUT2D eigenvalue weighted by Gasteiger charge is -2.13. The van der Waals surface area contributed by atoms with Crippen molar-refractivity contribution in [1.29, 1.82) is 0 Å². The van der Waals surface area contributed by atoms with Crippen LogP contribution in [0.25, 0.3) is 0 Å². The molecular weight excluding hydrogens is 240 g/mol. The summed E-state index contributed by atoms with van der Waals surface area (Å²) in [6, 6.07) is 5.56. The second-order valence-electron chi connectivity index (χ2n) is 5.02. The molecule has 1 aromatic carbocycles. The standard InChI is InChI=1S/C15H20N2O2/c1-4-10(5-2)15(19)16-11-6-7-13-12(8-11)9(3)14(18)17-13/h6-10H,4-5H2,1-3H3,(H,16,19)(H,17,18). The normalized spacial score (nSPS) is 17.3. The smallest absolute Gasteiger partial charge is 0.231 e. The Morgan fingerprint density at radius 2 is 2.05 bits per heavy atom. The van der Waals surface area contributed by atoms with Crippen molar-refractivity contribution in [3.63, 3.8) is 0 Å². The third-order valence-electron chi connectivity index (χ3n) is 3.79. The highest BCUT2D eigenvalue weighted by atomic mass is 16.2. The maximum Gasteiger partial charge on any atom is 0.231 e. The fourth-order valence-corrected chi connectivity index (χ4v) is 2.40. The molecule has 2 rings (SSSR count). The number of nitrogens with one attached hydrogen (secondary N) is 2. The zero-order valence-electron chi connectivity index (χ0n) is 11.6. The third kappa shape index (κ3) is 2.62. The molecule has 1 aliphatic heterocycles. The summed E-state index contributed by atoms with van der Waals surface area (Å²) in [5.41, 5.74) is 2.56. The van der Waals surface area contributed by atoms with Gasteiger partial charge in [0.2, 0.25) is 11.8 Å². The first-order valence-electron chi connectivity index (χ1n) is 6.82. The minimum Gasteiger partial charge on any atom is -0.326 e. The monoisotopic (exact) mass is 260 g/mol. The van der Waals surface area contributed by atoms with Crippen LogP contribution >= 0.6 is 0 Å². The molecule has 1 heterocycles. The molecule has 2 amide bonds. The Kier molecular flexibility index (Phi) is 3.88. The fraction of sp³-hybridized carbons (Fsp3) is 0.467. The van der Waals surface area contributed by atoms with Gasteiger partial charge in [-0.1, -0.05) is 13.8 Å². The zero-order chi connectivity index (χ0) is 14.0. The van der Waals surface area contributed by atoms with E-state index in [4.69, 9.17) is 0 Å². The van der Waals surface area contributed by atoms with Crippen molar-refractivity contribution in [1.82, 2.24) is 0 Å². The predicted octanol–water partition coefficient (Wildman–Crippen LogP) is 3.12. The number of fused-ring (bicyclic) bond motifs is 1. The number of hydrogen-bond donors (Lipinski definition) is 2. The van der Waals surface area contributed by atoms with E-state index < -0.39 is 0 Å². The van der Waals surface area contributed by atoms with Gasteiger partial charge in [0, 0.05) is 17.3 Å². The number of carbonyl (C=O) groups excluding carboxylic acids is 2. The second kappa shape index (κ2) is 5.43. The highest BCUT2D eigenvalue weighted by molar-refractivity contribution is 6.03. The maximum absolute atomic E-state index is 12.0. The van der Waals surface area contributed by atoms with Gasteiger partial charge in [-0.3, -0.25) is 9.59 Å². The van der Waals surface area contributed by atoms with Crippen molar-refractivity contribution in [3.8, 4) is 0 Å². The summed E-state index contributed by atoms with van der Waals surface area (Å²) in [6.07, 6.45) is 1.67. The number of hydrogen-bond acceptors (Lipinski definition) is 2. The fourth-order valence-electron chi connectivity index (χ4n) is 2.40. The van der Waals surface area contributed by atoms with Gasteiger partial charge >= 0.3 is 0 Å². The van der Waals surface area contributed by atoms with Crippen LogP contribution in [-0.2, 0) is 9.59 Å². The van der Waals surface area contributed by atoms with Crippen molar-refractivity contribution in [2.75, 3.05) is 10.6 Å². The van der Waals surface area contributed by atoms with E-state index in [9.17, 15) is 9.59 Å². The summed E-state index contributed by atoms with van der Waals surface area (Å²) in [5, 5.41) is 5.75. The molecule has 0 fully saturated rings. The molecule has 0 saturated carbocycles. The summed E-state index contributed by atoms with van der Waals surface area (Å²) in [6.45, 7) is 5.90. The summed E-state index contributed by atoms with van der Waals surface area (Å²) >= 11 is 0. The second-order valence-corrected chi connectivity index (χ2v) is 5.02. The molecule has 102 valence electrons. The molecule has 1 atom stereocenters. The Hall–Kier alpha value is -1.84. The summed E-state index contributed by atoms with van der Waals surface area (Å²) in [4.78, 5) is 23.6. The van der Waals surface area contributed by atoms with Crippen LogP contribution < -0.4 is 10.6 Å². The van der Waals surface area contributed by atoms with Crippen molar-refractivity contribution >= 4 is 23.2 Å².